The second-order valence-electron chi connectivity index (χ2n) is 4.75. The molecule has 0 aliphatic rings. The van der Waals surface area contributed by atoms with Crippen molar-refractivity contribution in [2.75, 3.05) is 0 Å². The number of halogens is 1. The van der Waals surface area contributed by atoms with Crippen molar-refractivity contribution >= 4 is 5.91 Å². The molecule has 2 aromatic heterocycles. The van der Waals surface area contributed by atoms with Gasteiger partial charge in [-0.25, -0.2) is 4.98 Å². The summed E-state index contributed by atoms with van der Waals surface area (Å²) in [6.45, 7) is 0. The molecule has 1 aromatic carbocycles. The molecular formula is C15H11FN6O. The van der Waals surface area contributed by atoms with E-state index in [4.69, 9.17) is 5.73 Å². The molecule has 2 heterocycles. The second-order valence-corrected chi connectivity index (χ2v) is 4.75. The quantitative estimate of drug-likeness (QED) is 0.724. The zero-order valence-corrected chi connectivity index (χ0v) is 11.8. The topological polar surface area (TPSA) is 108 Å². The number of nitrogens with two attached hydrogens (primary N) is 1. The number of primary amides is 1. The van der Waals surface area contributed by atoms with Gasteiger partial charge in [-0.1, -0.05) is 30.3 Å². The van der Waals surface area contributed by atoms with Crippen molar-refractivity contribution < 1.29 is 9.18 Å². The highest BCUT2D eigenvalue weighted by Crippen LogP contribution is 2.17. The summed E-state index contributed by atoms with van der Waals surface area (Å²) in [6.07, 6.45) is 1.66. The van der Waals surface area contributed by atoms with Gasteiger partial charge in [-0.3, -0.25) is 4.79 Å². The maximum absolute atomic E-state index is 13.1. The van der Waals surface area contributed by atoms with E-state index in [2.05, 4.69) is 25.4 Å². The van der Waals surface area contributed by atoms with E-state index in [1.165, 1.54) is 18.5 Å². The number of hydrogen-bond donors (Lipinski definition) is 1. The van der Waals surface area contributed by atoms with Crippen molar-refractivity contribution in [3.63, 3.8) is 0 Å². The number of hydrogen-bond acceptors (Lipinski definition) is 6. The van der Waals surface area contributed by atoms with Crippen LogP contribution in [-0.4, -0.2) is 31.3 Å². The minimum absolute atomic E-state index is 0.0612. The van der Waals surface area contributed by atoms with Crippen LogP contribution in [0.5, 0.6) is 0 Å². The van der Waals surface area contributed by atoms with Crippen molar-refractivity contribution in [2.45, 2.75) is 6.42 Å². The molecule has 8 heteroatoms. The Morgan fingerprint density at radius 3 is 2.39 bits per heavy atom. The van der Waals surface area contributed by atoms with Gasteiger partial charge in [0.05, 0.1) is 0 Å². The van der Waals surface area contributed by atoms with Crippen LogP contribution >= 0.6 is 0 Å². The average Bonchev–Trinajstić information content (AvgIpc) is 2.58. The number of carbonyl (C=O) groups excluding carboxylic acids is 1. The van der Waals surface area contributed by atoms with Crippen molar-refractivity contribution in [3.05, 3.63) is 65.5 Å². The third-order valence-corrected chi connectivity index (χ3v) is 3.19. The van der Waals surface area contributed by atoms with Crippen LogP contribution in [-0.2, 0) is 6.42 Å². The first-order valence-electron chi connectivity index (χ1n) is 6.68. The molecule has 1 amide bonds. The first-order valence-corrected chi connectivity index (χ1v) is 6.68. The molecule has 0 aliphatic carbocycles. The van der Waals surface area contributed by atoms with Gasteiger partial charge in [0, 0.05) is 5.56 Å². The van der Waals surface area contributed by atoms with E-state index in [-0.39, 0.29) is 5.69 Å². The summed E-state index contributed by atoms with van der Waals surface area (Å²) < 4.78 is 13.1. The van der Waals surface area contributed by atoms with Crippen LogP contribution in [0.3, 0.4) is 0 Å². The standard InChI is InChI=1S/C15H11FN6O/c16-12-6-5-11(13(20-12)14(17)23)7-9-1-3-10(4-2-9)15-21-18-8-19-22-15/h1-6,8H,7H2,(H2,17,23). The lowest BCUT2D eigenvalue weighted by atomic mass is 10.0. The normalized spacial score (nSPS) is 10.5. The third kappa shape index (κ3) is 3.31. The van der Waals surface area contributed by atoms with Gasteiger partial charge in [0.1, 0.15) is 5.69 Å². The second kappa shape index (κ2) is 6.22. The van der Waals surface area contributed by atoms with Crippen LogP contribution in [0.1, 0.15) is 21.6 Å². The largest absolute Gasteiger partial charge is 0.364 e. The van der Waals surface area contributed by atoms with E-state index in [0.29, 0.717) is 17.8 Å². The molecule has 0 radical (unpaired) electrons. The Hall–Kier alpha value is -3.29. The first-order chi connectivity index (χ1) is 11.1. The number of nitrogens with zero attached hydrogens (tertiary/aromatic N) is 5. The Balaban J connectivity index is 1.86. The number of rotatable bonds is 4. The lowest BCUT2D eigenvalue weighted by Crippen LogP contribution is -2.17. The lowest BCUT2D eigenvalue weighted by Gasteiger charge is -2.07. The van der Waals surface area contributed by atoms with Crippen LogP contribution in [0, 0.1) is 5.95 Å². The van der Waals surface area contributed by atoms with Crippen LogP contribution in [0.4, 0.5) is 4.39 Å². The predicted octanol–water partition coefficient (Wildman–Crippen LogP) is 1.16. The van der Waals surface area contributed by atoms with Gasteiger partial charge in [0.25, 0.3) is 5.91 Å². The highest BCUT2D eigenvalue weighted by atomic mass is 19.1. The number of carbonyl (C=O) groups is 1. The average molecular weight is 310 g/mol. The SMILES string of the molecule is NC(=O)c1nc(F)ccc1Cc1ccc(-c2nncnn2)cc1. The minimum Gasteiger partial charge on any atom is -0.364 e. The zero-order valence-electron chi connectivity index (χ0n) is 11.8. The van der Waals surface area contributed by atoms with Gasteiger partial charge in [-0.2, -0.15) is 4.39 Å². The summed E-state index contributed by atoms with van der Waals surface area (Å²) in [5.41, 5.74) is 7.41. The number of amides is 1. The molecule has 0 saturated heterocycles. The number of benzene rings is 1. The van der Waals surface area contributed by atoms with E-state index in [1.54, 1.807) is 0 Å². The molecule has 0 fully saturated rings. The number of aromatic nitrogens is 5. The van der Waals surface area contributed by atoms with Gasteiger partial charge >= 0.3 is 0 Å². The maximum atomic E-state index is 13.1. The van der Waals surface area contributed by atoms with Gasteiger partial charge in [-0.05, 0) is 23.6 Å². The highest BCUT2D eigenvalue weighted by Gasteiger charge is 2.12. The van der Waals surface area contributed by atoms with Crippen LogP contribution in [0.2, 0.25) is 0 Å². The highest BCUT2D eigenvalue weighted by molar-refractivity contribution is 5.92. The fourth-order valence-electron chi connectivity index (χ4n) is 2.13. The summed E-state index contributed by atoms with van der Waals surface area (Å²) in [5.74, 6) is -1.08. The van der Waals surface area contributed by atoms with Gasteiger partial charge < -0.3 is 5.73 Å². The fraction of sp³-hybridized carbons (Fsp3) is 0.0667. The molecule has 114 valence electrons. The summed E-state index contributed by atoms with van der Waals surface area (Å²) in [6, 6.07) is 10.0. The molecule has 3 aromatic rings. The van der Waals surface area contributed by atoms with E-state index < -0.39 is 11.9 Å². The Labute approximate surface area is 130 Å². The molecule has 0 aliphatic heterocycles. The molecule has 0 atom stereocenters. The van der Waals surface area contributed by atoms with Gasteiger partial charge in [0.2, 0.25) is 11.8 Å². The Bertz CT molecular complexity index is 838. The van der Waals surface area contributed by atoms with E-state index in [1.807, 2.05) is 24.3 Å². The van der Waals surface area contributed by atoms with Crippen LogP contribution in [0.25, 0.3) is 11.4 Å². The molecule has 0 saturated carbocycles. The van der Waals surface area contributed by atoms with E-state index in [9.17, 15) is 9.18 Å². The summed E-state index contributed by atoms with van der Waals surface area (Å²) in [5, 5.41) is 15.1. The van der Waals surface area contributed by atoms with Crippen molar-refractivity contribution in [1.29, 1.82) is 0 Å². The molecule has 23 heavy (non-hydrogen) atoms. The minimum atomic E-state index is -0.758. The molecule has 0 bridgehead atoms. The van der Waals surface area contributed by atoms with Gasteiger partial charge in [-0.15, -0.1) is 20.4 Å². The molecule has 3 rings (SSSR count). The maximum Gasteiger partial charge on any atom is 0.267 e. The Kier molecular flexibility index (Phi) is 3.96. The molecule has 0 spiro atoms. The Morgan fingerprint density at radius 2 is 1.74 bits per heavy atom. The molecule has 2 N–H and O–H groups in total. The van der Waals surface area contributed by atoms with E-state index in [0.717, 1.165) is 11.1 Å². The fourth-order valence-corrected chi connectivity index (χ4v) is 2.13. The Morgan fingerprint density at radius 1 is 1.04 bits per heavy atom. The zero-order chi connectivity index (χ0) is 16.2. The lowest BCUT2D eigenvalue weighted by molar-refractivity contribution is 0.0993. The molecule has 7 nitrogen and oxygen atoms in total. The monoisotopic (exact) mass is 310 g/mol. The molecule has 0 unspecified atom stereocenters. The van der Waals surface area contributed by atoms with Crippen LogP contribution < -0.4 is 5.73 Å². The van der Waals surface area contributed by atoms with Crippen molar-refractivity contribution in [1.82, 2.24) is 25.4 Å². The summed E-state index contributed by atoms with van der Waals surface area (Å²) >= 11 is 0. The van der Waals surface area contributed by atoms with E-state index >= 15 is 0 Å². The summed E-state index contributed by atoms with van der Waals surface area (Å²) in [4.78, 5) is 14.9. The predicted molar refractivity (Wildman–Crippen MR) is 78.6 cm³/mol. The van der Waals surface area contributed by atoms with Crippen molar-refractivity contribution in [3.8, 4) is 11.4 Å². The van der Waals surface area contributed by atoms with Gasteiger partial charge in [0.15, 0.2) is 6.33 Å². The van der Waals surface area contributed by atoms with Crippen molar-refractivity contribution in [2.24, 2.45) is 5.73 Å². The third-order valence-electron chi connectivity index (χ3n) is 3.19. The number of pyridine rings is 1. The summed E-state index contributed by atoms with van der Waals surface area (Å²) in [7, 11) is 0. The molecular weight excluding hydrogens is 299 g/mol. The van der Waals surface area contributed by atoms with Crippen LogP contribution in [0.15, 0.2) is 42.7 Å². The smallest absolute Gasteiger partial charge is 0.267 e. The first kappa shape index (κ1) is 14.6.